The highest BCUT2D eigenvalue weighted by atomic mass is 127. The van der Waals surface area contributed by atoms with Crippen molar-refractivity contribution in [2.45, 2.75) is 65.0 Å². The van der Waals surface area contributed by atoms with E-state index in [0.717, 1.165) is 50.9 Å². The number of aliphatic hydroxyl groups excluding tert-OH is 1. The highest BCUT2D eigenvalue weighted by Gasteiger charge is 2.24. The molecule has 1 atom stereocenters. The number of halogens is 1. The van der Waals surface area contributed by atoms with Crippen molar-refractivity contribution in [1.29, 1.82) is 0 Å². The third-order valence-corrected chi connectivity index (χ3v) is 4.90. The molecule has 0 spiro atoms. The summed E-state index contributed by atoms with van der Waals surface area (Å²) in [6, 6.07) is 0.593. The van der Waals surface area contributed by atoms with Crippen molar-refractivity contribution in [2.75, 3.05) is 39.3 Å². The quantitative estimate of drug-likeness (QED) is 0.383. The lowest BCUT2D eigenvalue weighted by Gasteiger charge is -2.37. The van der Waals surface area contributed by atoms with Crippen molar-refractivity contribution in [1.82, 2.24) is 15.1 Å². The van der Waals surface area contributed by atoms with Crippen LogP contribution in [0.1, 0.15) is 52.9 Å². The van der Waals surface area contributed by atoms with Crippen LogP contribution < -0.4 is 5.32 Å². The molecule has 2 N–H and O–H groups in total. The van der Waals surface area contributed by atoms with Crippen LogP contribution in [0.15, 0.2) is 4.99 Å². The molecule has 6 heteroatoms. The van der Waals surface area contributed by atoms with E-state index in [9.17, 15) is 5.11 Å². The van der Waals surface area contributed by atoms with Gasteiger partial charge in [-0.25, -0.2) is 0 Å². The standard InChI is InChI=1S/C18H36N4O.HI/c1-4-19-18(21-11-8-17(23)9-12-21)20-13-16-7-5-6-10-22(16)14-15(2)3;/h15-17,23H,4-14H2,1-3H3,(H,19,20);1H. The molecule has 5 nitrogen and oxygen atoms in total. The lowest BCUT2D eigenvalue weighted by molar-refractivity contribution is 0.107. The first-order valence-electron chi connectivity index (χ1n) is 9.55. The van der Waals surface area contributed by atoms with Gasteiger partial charge in [-0.05, 0) is 45.1 Å². The van der Waals surface area contributed by atoms with Crippen molar-refractivity contribution in [3.05, 3.63) is 0 Å². The number of likely N-dealkylation sites (tertiary alicyclic amines) is 2. The fourth-order valence-corrected chi connectivity index (χ4v) is 3.67. The second kappa shape index (κ2) is 11.5. The topological polar surface area (TPSA) is 51.1 Å². The second-order valence-corrected chi connectivity index (χ2v) is 7.45. The summed E-state index contributed by atoms with van der Waals surface area (Å²) >= 11 is 0. The first-order valence-corrected chi connectivity index (χ1v) is 9.55. The number of nitrogens with zero attached hydrogens (tertiary/aromatic N) is 3. The molecular formula is C18H37IN4O. The van der Waals surface area contributed by atoms with Gasteiger partial charge in [-0.2, -0.15) is 0 Å². The molecule has 2 heterocycles. The number of hydrogen-bond acceptors (Lipinski definition) is 3. The molecule has 1 unspecified atom stereocenters. The van der Waals surface area contributed by atoms with Crippen molar-refractivity contribution in [3.63, 3.8) is 0 Å². The molecule has 2 fully saturated rings. The molecular weight excluding hydrogens is 415 g/mol. The maximum atomic E-state index is 9.70. The Morgan fingerprint density at radius 1 is 1.17 bits per heavy atom. The first-order chi connectivity index (χ1) is 11.1. The van der Waals surface area contributed by atoms with Crippen molar-refractivity contribution in [3.8, 4) is 0 Å². The summed E-state index contributed by atoms with van der Waals surface area (Å²) in [5, 5.41) is 13.1. The van der Waals surface area contributed by atoms with Gasteiger partial charge in [0.1, 0.15) is 0 Å². The fraction of sp³-hybridized carbons (Fsp3) is 0.944. The van der Waals surface area contributed by atoms with Gasteiger partial charge in [0.2, 0.25) is 0 Å². The zero-order chi connectivity index (χ0) is 16.7. The Labute approximate surface area is 165 Å². The highest BCUT2D eigenvalue weighted by Crippen LogP contribution is 2.19. The van der Waals surface area contributed by atoms with E-state index in [0.29, 0.717) is 6.04 Å². The highest BCUT2D eigenvalue weighted by molar-refractivity contribution is 14.0. The smallest absolute Gasteiger partial charge is 0.193 e. The number of rotatable bonds is 5. The molecule has 2 rings (SSSR count). The molecule has 0 aromatic heterocycles. The second-order valence-electron chi connectivity index (χ2n) is 7.45. The molecule has 0 aromatic carbocycles. The Bertz CT molecular complexity index is 370. The maximum Gasteiger partial charge on any atom is 0.193 e. The lowest BCUT2D eigenvalue weighted by atomic mass is 10.0. The average molecular weight is 452 g/mol. The summed E-state index contributed by atoms with van der Waals surface area (Å²) in [5.41, 5.74) is 0. The van der Waals surface area contributed by atoms with Gasteiger partial charge in [0.25, 0.3) is 0 Å². The normalized spacial score (nSPS) is 24.1. The van der Waals surface area contributed by atoms with Gasteiger partial charge >= 0.3 is 0 Å². The van der Waals surface area contributed by atoms with E-state index < -0.39 is 0 Å². The number of nitrogens with one attached hydrogen (secondary N) is 1. The Kier molecular flexibility index (Phi) is 10.5. The number of piperidine rings is 2. The van der Waals surface area contributed by atoms with Crippen LogP contribution in [-0.4, -0.2) is 72.3 Å². The zero-order valence-corrected chi connectivity index (χ0v) is 18.0. The van der Waals surface area contributed by atoms with Crippen LogP contribution in [0.3, 0.4) is 0 Å². The summed E-state index contributed by atoms with van der Waals surface area (Å²) in [4.78, 5) is 9.90. The molecule has 0 saturated carbocycles. The van der Waals surface area contributed by atoms with Crippen molar-refractivity contribution >= 4 is 29.9 Å². The summed E-state index contributed by atoms with van der Waals surface area (Å²) in [6.07, 6.45) is 5.52. The van der Waals surface area contributed by atoms with Crippen molar-refractivity contribution < 1.29 is 5.11 Å². The van der Waals surface area contributed by atoms with E-state index in [-0.39, 0.29) is 30.1 Å². The van der Waals surface area contributed by atoms with E-state index in [1.54, 1.807) is 0 Å². The summed E-state index contributed by atoms with van der Waals surface area (Å²) < 4.78 is 0. The predicted molar refractivity (Wildman–Crippen MR) is 112 cm³/mol. The maximum absolute atomic E-state index is 9.70. The minimum Gasteiger partial charge on any atom is -0.393 e. The van der Waals surface area contributed by atoms with Gasteiger partial charge < -0.3 is 15.3 Å². The molecule has 0 amide bonds. The van der Waals surface area contributed by atoms with Gasteiger partial charge in [0.15, 0.2) is 5.96 Å². The Balaban J connectivity index is 0.00000288. The number of guanidine groups is 1. The Hall–Kier alpha value is -0.0800. The minimum atomic E-state index is -0.131. The Morgan fingerprint density at radius 3 is 2.50 bits per heavy atom. The van der Waals surface area contributed by atoms with E-state index in [1.165, 1.54) is 32.4 Å². The SMILES string of the molecule is CCNC(=NCC1CCCCN1CC(C)C)N1CCC(O)CC1.I. The number of aliphatic imine (C=N–C) groups is 1. The minimum absolute atomic E-state index is 0. The van der Waals surface area contributed by atoms with Crippen LogP contribution >= 0.6 is 24.0 Å². The monoisotopic (exact) mass is 452 g/mol. The van der Waals surface area contributed by atoms with Crippen LogP contribution in [0.5, 0.6) is 0 Å². The molecule has 24 heavy (non-hydrogen) atoms. The zero-order valence-electron chi connectivity index (χ0n) is 15.7. The van der Waals surface area contributed by atoms with E-state index in [4.69, 9.17) is 4.99 Å². The van der Waals surface area contributed by atoms with Crippen LogP contribution in [0, 0.1) is 5.92 Å². The van der Waals surface area contributed by atoms with Crippen molar-refractivity contribution in [2.24, 2.45) is 10.9 Å². The molecule has 142 valence electrons. The van der Waals surface area contributed by atoms with Gasteiger partial charge in [0.05, 0.1) is 12.6 Å². The summed E-state index contributed by atoms with van der Waals surface area (Å²) in [6.45, 7) is 12.8. The molecule has 2 saturated heterocycles. The van der Waals surface area contributed by atoms with Crippen LogP contribution in [0.25, 0.3) is 0 Å². The number of aliphatic hydroxyl groups is 1. The van der Waals surface area contributed by atoms with Crippen LogP contribution in [0.2, 0.25) is 0 Å². The van der Waals surface area contributed by atoms with E-state index >= 15 is 0 Å². The Morgan fingerprint density at radius 2 is 1.88 bits per heavy atom. The van der Waals surface area contributed by atoms with E-state index in [1.807, 2.05) is 0 Å². The lowest BCUT2D eigenvalue weighted by Crippen LogP contribution is -2.48. The van der Waals surface area contributed by atoms with Crippen LogP contribution in [0.4, 0.5) is 0 Å². The third kappa shape index (κ3) is 7.04. The third-order valence-electron chi connectivity index (χ3n) is 4.90. The van der Waals surface area contributed by atoms with Gasteiger partial charge in [-0.3, -0.25) is 9.89 Å². The van der Waals surface area contributed by atoms with Gasteiger partial charge in [-0.15, -0.1) is 24.0 Å². The molecule has 0 bridgehead atoms. The van der Waals surface area contributed by atoms with E-state index in [2.05, 4.69) is 35.9 Å². The predicted octanol–water partition coefficient (Wildman–Crippen LogP) is 2.54. The number of hydrogen-bond donors (Lipinski definition) is 2. The first kappa shape index (κ1) is 22.0. The fourth-order valence-electron chi connectivity index (χ4n) is 3.67. The largest absolute Gasteiger partial charge is 0.393 e. The average Bonchev–Trinajstić information content (AvgIpc) is 2.53. The summed E-state index contributed by atoms with van der Waals surface area (Å²) in [7, 11) is 0. The molecule has 0 radical (unpaired) electrons. The summed E-state index contributed by atoms with van der Waals surface area (Å²) in [5.74, 6) is 1.76. The van der Waals surface area contributed by atoms with Gasteiger partial charge in [0, 0.05) is 32.2 Å². The van der Waals surface area contributed by atoms with Gasteiger partial charge in [-0.1, -0.05) is 20.3 Å². The molecule has 0 aromatic rings. The molecule has 2 aliphatic rings. The molecule has 0 aliphatic carbocycles. The van der Waals surface area contributed by atoms with Crippen LogP contribution in [-0.2, 0) is 0 Å². The molecule has 2 aliphatic heterocycles.